The Hall–Kier alpha value is -2.07. The summed E-state index contributed by atoms with van der Waals surface area (Å²) < 4.78 is 12.3. The molecule has 27 heavy (non-hydrogen) atoms. The number of halogens is 1. The van der Waals surface area contributed by atoms with Gasteiger partial charge in [-0.25, -0.2) is 0 Å². The van der Waals surface area contributed by atoms with Crippen molar-refractivity contribution >= 4 is 27.8 Å². The molecule has 0 atom stereocenters. The highest BCUT2D eigenvalue weighted by Crippen LogP contribution is 2.38. The molecule has 3 nitrogen and oxygen atoms in total. The van der Waals surface area contributed by atoms with E-state index in [4.69, 9.17) is 9.47 Å². The molecule has 2 aromatic rings. The van der Waals surface area contributed by atoms with E-state index in [1.165, 1.54) is 11.1 Å². The van der Waals surface area contributed by atoms with Crippen LogP contribution in [-0.4, -0.2) is 19.0 Å². The molecule has 0 aromatic heterocycles. The zero-order chi connectivity index (χ0) is 19.6. The summed E-state index contributed by atoms with van der Waals surface area (Å²) in [5.74, 6) is 1.52. The first-order valence-corrected chi connectivity index (χ1v) is 10.2. The molecule has 0 amide bonds. The zero-order valence-electron chi connectivity index (χ0n) is 16.3. The van der Waals surface area contributed by atoms with E-state index in [9.17, 15) is 4.79 Å². The number of allylic oxidation sites excluding steroid dienone is 1. The van der Waals surface area contributed by atoms with Crippen LogP contribution in [0.5, 0.6) is 11.5 Å². The lowest BCUT2D eigenvalue weighted by Crippen LogP contribution is -2.15. The maximum absolute atomic E-state index is 13.1. The summed E-state index contributed by atoms with van der Waals surface area (Å²) in [4.78, 5) is 13.1. The van der Waals surface area contributed by atoms with Gasteiger partial charge in [0.1, 0.15) is 0 Å². The van der Waals surface area contributed by atoms with Crippen molar-refractivity contribution in [3.05, 3.63) is 62.1 Å². The van der Waals surface area contributed by atoms with Crippen LogP contribution in [0.1, 0.15) is 52.9 Å². The molecule has 0 bridgehead atoms. The Balaban J connectivity index is 2.00. The number of aryl methyl sites for hydroxylation is 2. The third-order valence-electron chi connectivity index (χ3n) is 4.76. The molecular formula is C23H25BrO3. The Morgan fingerprint density at radius 3 is 2.48 bits per heavy atom. The van der Waals surface area contributed by atoms with Crippen LogP contribution < -0.4 is 9.47 Å². The largest absolute Gasteiger partial charge is 0.490 e. The van der Waals surface area contributed by atoms with E-state index < -0.39 is 0 Å². The molecular weight excluding hydrogens is 404 g/mol. The molecule has 2 aromatic carbocycles. The minimum atomic E-state index is 0.131. The topological polar surface area (TPSA) is 35.5 Å². The number of Topliss-reactive ketones (excluding diaryl/α,β-unsaturated/α-hetero) is 1. The highest BCUT2D eigenvalue weighted by atomic mass is 79.9. The van der Waals surface area contributed by atoms with E-state index in [0.717, 1.165) is 39.6 Å². The van der Waals surface area contributed by atoms with E-state index in [-0.39, 0.29) is 5.78 Å². The number of benzene rings is 2. The predicted octanol–water partition coefficient (Wildman–Crippen LogP) is 6.08. The Morgan fingerprint density at radius 2 is 1.78 bits per heavy atom. The number of carbonyl (C=O) groups excluding carboxylic acids is 1. The van der Waals surface area contributed by atoms with Gasteiger partial charge in [-0.2, -0.15) is 0 Å². The smallest absolute Gasteiger partial charge is 0.189 e. The summed E-state index contributed by atoms with van der Waals surface area (Å²) in [7, 11) is 0. The first kappa shape index (κ1) is 19.7. The maximum Gasteiger partial charge on any atom is 0.189 e. The fourth-order valence-corrected chi connectivity index (χ4v) is 4.21. The third kappa shape index (κ3) is 4.11. The lowest BCUT2D eigenvalue weighted by atomic mass is 9.83. The first-order chi connectivity index (χ1) is 12.9. The van der Waals surface area contributed by atoms with Gasteiger partial charge in [0, 0.05) is 11.1 Å². The first-order valence-electron chi connectivity index (χ1n) is 9.39. The molecule has 0 aliphatic heterocycles. The van der Waals surface area contributed by atoms with Crippen LogP contribution in [0.15, 0.2) is 34.3 Å². The summed E-state index contributed by atoms with van der Waals surface area (Å²) >= 11 is 3.57. The average molecular weight is 429 g/mol. The van der Waals surface area contributed by atoms with Gasteiger partial charge in [0.05, 0.1) is 17.7 Å². The fourth-order valence-electron chi connectivity index (χ4n) is 3.64. The van der Waals surface area contributed by atoms with Crippen molar-refractivity contribution in [1.29, 1.82) is 0 Å². The van der Waals surface area contributed by atoms with E-state index in [1.807, 2.05) is 45.0 Å². The van der Waals surface area contributed by atoms with Gasteiger partial charge >= 0.3 is 0 Å². The zero-order valence-corrected chi connectivity index (χ0v) is 17.9. The van der Waals surface area contributed by atoms with Gasteiger partial charge in [0.2, 0.25) is 0 Å². The molecule has 0 heterocycles. The van der Waals surface area contributed by atoms with Crippen LogP contribution >= 0.6 is 15.9 Å². The maximum atomic E-state index is 13.1. The Kier molecular flexibility index (Phi) is 6.05. The molecule has 142 valence electrons. The standard InChI is InChI=1S/C23H25BrO3/c1-5-26-21-13-16(12-20(24)23(21)27-6-2)11-17-7-8-18-15(4)9-14(3)10-19(18)22(17)25/h9-13H,5-8H2,1-4H3/b17-11-. The molecule has 1 aliphatic rings. The molecule has 0 N–H and O–H groups in total. The lowest BCUT2D eigenvalue weighted by molar-refractivity contribution is 0.102. The van der Waals surface area contributed by atoms with Crippen LogP contribution in [0.25, 0.3) is 6.08 Å². The number of ketones is 1. The summed E-state index contributed by atoms with van der Waals surface area (Å²) in [5.41, 5.74) is 6.14. The van der Waals surface area contributed by atoms with Gasteiger partial charge in [-0.15, -0.1) is 0 Å². The Labute approximate surface area is 169 Å². The minimum Gasteiger partial charge on any atom is -0.490 e. The van der Waals surface area contributed by atoms with E-state index in [2.05, 4.69) is 28.9 Å². The SMILES string of the molecule is CCOc1cc(/C=C2/CCc3c(C)cc(C)cc3C2=O)cc(Br)c1OCC. The molecule has 1 aliphatic carbocycles. The molecule has 0 fully saturated rings. The molecule has 0 spiro atoms. The van der Waals surface area contributed by atoms with Crippen molar-refractivity contribution in [3.63, 3.8) is 0 Å². The van der Waals surface area contributed by atoms with Gasteiger partial charge < -0.3 is 9.47 Å². The van der Waals surface area contributed by atoms with Gasteiger partial charge in [-0.05, 0) is 97.4 Å². The second-order valence-corrected chi connectivity index (χ2v) is 7.66. The van der Waals surface area contributed by atoms with Gasteiger partial charge in [0.25, 0.3) is 0 Å². The third-order valence-corrected chi connectivity index (χ3v) is 5.35. The number of hydrogen-bond acceptors (Lipinski definition) is 3. The van der Waals surface area contributed by atoms with Crippen molar-refractivity contribution in [2.24, 2.45) is 0 Å². The predicted molar refractivity (Wildman–Crippen MR) is 113 cm³/mol. The number of fused-ring (bicyclic) bond motifs is 1. The molecule has 4 heteroatoms. The van der Waals surface area contributed by atoms with E-state index in [0.29, 0.717) is 24.7 Å². The van der Waals surface area contributed by atoms with Crippen LogP contribution in [0.3, 0.4) is 0 Å². The average Bonchev–Trinajstić information content (AvgIpc) is 2.61. The van der Waals surface area contributed by atoms with Crippen LogP contribution in [0.4, 0.5) is 0 Å². The van der Waals surface area contributed by atoms with Crippen molar-refractivity contribution in [1.82, 2.24) is 0 Å². The number of ether oxygens (including phenoxy) is 2. The summed E-state index contributed by atoms with van der Waals surface area (Å²) in [5, 5.41) is 0. The van der Waals surface area contributed by atoms with E-state index >= 15 is 0 Å². The quantitative estimate of drug-likeness (QED) is 0.541. The molecule has 0 saturated heterocycles. The second kappa shape index (κ2) is 8.30. The van der Waals surface area contributed by atoms with Crippen LogP contribution in [0.2, 0.25) is 0 Å². The number of hydrogen-bond donors (Lipinski definition) is 0. The summed E-state index contributed by atoms with van der Waals surface area (Å²) in [6, 6.07) is 8.08. The molecule has 0 saturated carbocycles. The van der Waals surface area contributed by atoms with Crippen LogP contribution in [-0.2, 0) is 6.42 Å². The van der Waals surface area contributed by atoms with Gasteiger partial charge in [0.15, 0.2) is 17.3 Å². The van der Waals surface area contributed by atoms with Gasteiger partial charge in [-0.3, -0.25) is 4.79 Å². The summed E-state index contributed by atoms with van der Waals surface area (Å²) in [6.07, 6.45) is 3.63. The fraction of sp³-hybridized carbons (Fsp3) is 0.348. The highest BCUT2D eigenvalue weighted by molar-refractivity contribution is 9.10. The highest BCUT2D eigenvalue weighted by Gasteiger charge is 2.23. The van der Waals surface area contributed by atoms with Gasteiger partial charge in [-0.1, -0.05) is 11.6 Å². The Morgan fingerprint density at radius 1 is 1.04 bits per heavy atom. The molecule has 0 radical (unpaired) electrons. The number of carbonyl (C=O) groups is 1. The summed E-state index contributed by atoms with van der Waals surface area (Å²) in [6.45, 7) is 9.13. The number of rotatable bonds is 5. The van der Waals surface area contributed by atoms with Crippen molar-refractivity contribution in [2.75, 3.05) is 13.2 Å². The molecule has 0 unspecified atom stereocenters. The normalized spacial score (nSPS) is 15.0. The minimum absolute atomic E-state index is 0.131. The molecule has 3 rings (SSSR count). The lowest BCUT2D eigenvalue weighted by Gasteiger charge is -2.20. The van der Waals surface area contributed by atoms with E-state index in [1.54, 1.807) is 0 Å². The van der Waals surface area contributed by atoms with Crippen molar-refractivity contribution in [2.45, 2.75) is 40.5 Å². The van der Waals surface area contributed by atoms with Crippen molar-refractivity contribution < 1.29 is 14.3 Å². The Bertz CT molecular complexity index is 912. The second-order valence-electron chi connectivity index (χ2n) is 6.80. The van der Waals surface area contributed by atoms with Crippen molar-refractivity contribution in [3.8, 4) is 11.5 Å². The monoisotopic (exact) mass is 428 g/mol. The van der Waals surface area contributed by atoms with Crippen LogP contribution in [0, 0.1) is 13.8 Å².